The molecule has 0 amide bonds. The molecular weight excluding hydrogens is 641 g/mol. The van der Waals surface area contributed by atoms with Gasteiger partial charge >= 0.3 is 0 Å². The average molecular weight is 675 g/mol. The smallest absolute Gasteiger partial charge is 0.119 e. The summed E-state index contributed by atoms with van der Waals surface area (Å²) in [7, 11) is 6.91. The fourth-order valence-corrected chi connectivity index (χ4v) is 8.70. The van der Waals surface area contributed by atoms with Crippen molar-refractivity contribution in [3.8, 4) is 67.5 Å². The standard InChI is InChI=1S/C48H34O4/c1-49-33-13-5-9-27(21-33)41-37-19-17-31-26-40-44(30-12-8-16-36(24-30)52-4)42(28-10-6-14-34(22-28)50-2)38-20-18-32-25-39(47(37)45(31)46(32)48(38)40)43(41)29-11-7-15-35(23-29)51-3/h5-26H,1-4H3. The summed E-state index contributed by atoms with van der Waals surface area (Å²) < 4.78 is 22.9. The maximum atomic E-state index is 5.74. The first kappa shape index (κ1) is 30.3. The molecule has 10 rings (SSSR count). The van der Waals surface area contributed by atoms with Crippen LogP contribution >= 0.6 is 0 Å². The van der Waals surface area contributed by atoms with Gasteiger partial charge in [0.25, 0.3) is 0 Å². The highest BCUT2D eigenvalue weighted by molar-refractivity contribution is 6.43. The third kappa shape index (κ3) is 4.27. The van der Waals surface area contributed by atoms with Crippen molar-refractivity contribution in [1.82, 2.24) is 0 Å². The number of rotatable bonds is 8. The second kappa shape index (κ2) is 11.5. The van der Waals surface area contributed by atoms with Crippen molar-refractivity contribution in [2.45, 2.75) is 0 Å². The van der Waals surface area contributed by atoms with Gasteiger partial charge < -0.3 is 18.9 Å². The fraction of sp³-hybridized carbons (Fsp3) is 0.0833. The summed E-state index contributed by atoms with van der Waals surface area (Å²) in [6, 6.07) is 47.7. The van der Waals surface area contributed by atoms with Gasteiger partial charge in [-0.05, 0) is 159 Å². The molecule has 4 nitrogen and oxygen atoms in total. The molecule has 250 valence electrons. The second-order valence-corrected chi connectivity index (χ2v) is 13.4. The predicted molar refractivity (Wildman–Crippen MR) is 215 cm³/mol. The van der Waals surface area contributed by atoms with Crippen LogP contribution in [-0.4, -0.2) is 28.4 Å². The van der Waals surface area contributed by atoms with Gasteiger partial charge in [0.05, 0.1) is 28.4 Å². The fourth-order valence-electron chi connectivity index (χ4n) is 8.70. The highest BCUT2D eigenvalue weighted by Crippen LogP contribution is 2.56. The van der Waals surface area contributed by atoms with Crippen LogP contribution in [0.3, 0.4) is 0 Å². The van der Waals surface area contributed by atoms with E-state index in [4.69, 9.17) is 18.9 Å². The monoisotopic (exact) mass is 674 g/mol. The first-order valence-electron chi connectivity index (χ1n) is 17.5. The van der Waals surface area contributed by atoms with E-state index in [2.05, 4.69) is 109 Å². The number of hydrogen-bond acceptors (Lipinski definition) is 4. The van der Waals surface area contributed by atoms with Crippen molar-refractivity contribution in [1.29, 1.82) is 0 Å². The Morgan fingerprint density at radius 2 is 0.596 bits per heavy atom. The molecule has 0 aromatic heterocycles. The van der Waals surface area contributed by atoms with E-state index in [1.54, 1.807) is 28.4 Å². The molecular formula is C48H34O4. The quantitative estimate of drug-likeness (QED) is 0.150. The van der Waals surface area contributed by atoms with Crippen molar-refractivity contribution < 1.29 is 18.9 Å². The van der Waals surface area contributed by atoms with Crippen LogP contribution in [0.5, 0.6) is 23.0 Å². The summed E-state index contributed by atoms with van der Waals surface area (Å²) in [5, 5.41) is 12.5. The van der Waals surface area contributed by atoms with Crippen LogP contribution in [-0.2, 0) is 0 Å². The number of methoxy groups -OCH3 is 4. The van der Waals surface area contributed by atoms with E-state index < -0.39 is 0 Å². The summed E-state index contributed by atoms with van der Waals surface area (Å²) in [4.78, 5) is 0. The number of benzene rings is 8. The van der Waals surface area contributed by atoms with Crippen LogP contribution in [0.4, 0.5) is 0 Å². The molecule has 0 radical (unpaired) electrons. The zero-order valence-corrected chi connectivity index (χ0v) is 29.3. The SMILES string of the molecule is COc1cccc(-c2c(-c3cccc(OC)c3)c3cc4ccc5c(-c6cccc(OC)c6)c(-c6cccc(OC)c6)c6cc7ccc2c3c7c4c56)c1. The zero-order valence-electron chi connectivity index (χ0n) is 29.3. The highest BCUT2D eigenvalue weighted by Gasteiger charge is 2.28. The van der Waals surface area contributed by atoms with Crippen LogP contribution in [0.25, 0.3) is 98.4 Å². The topological polar surface area (TPSA) is 36.9 Å². The Kier molecular flexibility index (Phi) is 6.71. The van der Waals surface area contributed by atoms with Gasteiger partial charge in [0.2, 0.25) is 0 Å². The van der Waals surface area contributed by atoms with Gasteiger partial charge in [0.1, 0.15) is 23.0 Å². The Bertz CT molecular complexity index is 2760. The molecule has 0 atom stereocenters. The van der Waals surface area contributed by atoms with E-state index in [-0.39, 0.29) is 0 Å². The largest absolute Gasteiger partial charge is 0.497 e. The molecule has 0 fully saturated rings. The first-order chi connectivity index (χ1) is 25.6. The van der Waals surface area contributed by atoms with Crippen molar-refractivity contribution in [3.05, 3.63) is 133 Å². The number of ether oxygens (including phenoxy) is 4. The van der Waals surface area contributed by atoms with Crippen LogP contribution in [0.1, 0.15) is 0 Å². The third-order valence-corrected chi connectivity index (χ3v) is 10.9. The molecule has 0 aliphatic rings. The molecule has 10 aromatic carbocycles. The summed E-state index contributed by atoms with van der Waals surface area (Å²) in [5.74, 6) is 3.32. The van der Waals surface area contributed by atoms with Gasteiger partial charge in [-0.15, -0.1) is 0 Å². The molecule has 0 spiro atoms. The lowest BCUT2D eigenvalue weighted by atomic mass is 9.89. The molecule has 0 saturated carbocycles. The van der Waals surface area contributed by atoms with Crippen molar-refractivity contribution in [2.24, 2.45) is 0 Å². The molecule has 0 saturated heterocycles. The van der Waals surface area contributed by atoms with Gasteiger partial charge in [-0.25, -0.2) is 0 Å². The van der Waals surface area contributed by atoms with Crippen molar-refractivity contribution in [3.63, 3.8) is 0 Å². The summed E-state index contributed by atoms with van der Waals surface area (Å²) in [6.45, 7) is 0. The summed E-state index contributed by atoms with van der Waals surface area (Å²) >= 11 is 0. The second-order valence-electron chi connectivity index (χ2n) is 13.4. The summed E-state index contributed by atoms with van der Waals surface area (Å²) in [6.07, 6.45) is 0. The molecule has 0 aliphatic heterocycles. The Morgan fingerprint density at radius 1 is 0.288 bits per heavy atom. The minimum absolute atomic E-state index is 0.830. The van der Waals surface area contributed by atoms with Gasteiger partial charge in [0.15, 0.2) is 0 Å². The van der Waals surface area contributed by atoms with Crippen LogP contribution in [0.2, 0.25) is 0 Å². The molecule has 0 unspecified atom stereocenters. The van der Waals surface area contributed by atoms with Gasteiger partial charge in [-0.1, -0.05) is 72.8 Å². The lowest BCUT2D eigenvalue weighted by molar-refractivity contribution is 0.415. The predicted octanol–water partition coefficient (Wildman–Crippen LogP) is 12.5. The normalized spacial score (nSPS) is 11.8. The highest BCUT2D eigenvalue weighted by atomic mass is 16.5. The van der Waals surface area contributed by atoms with E-state index in [0.717, 1.165) is 45.3 Å². The number of hydrogen-bond donors (Lipinski definition) is 0. The Hall–Kier alpha value is -6.52. The lowest BCUT2D eigenvalue weighted by Gasteiger charge is -2.13. The van der Waals surface area contributed by atoms with Crippen molar-refractivity contribution >= 4 is 53.9 Å². The molecule has 0 heterocycles. The van der Waals surface area contributed by atoms with E-state index >= 15 is 0 Å². The molecule has 0 N–H and O–H groups in total. The molecule has 0 aliphatic carbocycles. The van der Waals surface area contributed by atoms with Gasteiger partial charge in [0, 0.05) is 0 Å². The zero-order chi connectivity index (χ0) is 35.1. The first-order valence-corrected chi connectivity index (χ1v) is 17.5. The maximum absolute atomic E-state index is 5.74. The van der Waals surface area contributed by atoms with Gasteiger partial charge in [-0.2, -0.15) is 0 Å². The lowest BCUT2D eigenvalue weighted by Crippen LogP contribution is -1.87. The molecule has 52 heavy (non-hydrogen) atoms. The molecule has 4 heteroatoms. The maximum Gasteiger partial charge on any atom is 0.119 e. The Labute approximate surface area is 301 Å². The summed E-state index contributed by atoms with van der Waals surface area (Å²) in [5.41, 5.74) is 9.26. The molecule has 0 bridgehead atoms. The van der Waals surface area contributed by atoms with E-state index in [0.29, 0.717) is 0 Å². The van der Waals surface area contributed by atoms with E-state index in [9.17, 15) is 0 Å². The van der Waals surface area contributed by atoms with Crippen LogP contribution in [0, 0.1) is 0 Å². The van der Waals surface area contributed by atoms with Crippen LogP contribution in [0.15, 0.2) is 133 Å². The van der Waals surface area contributed by atoms with Gasteiger partial charge in [-0.3, -0.25) is 0 Å². The third-order valence-electron chi connectivity index (χ3n) is 10.9. The van der Waals surface area contributed by atoms with Crippen molar-refractivity contribution in [2.75, 3.05) is 28.4 Å². The minimum Gasteiger partial charge on any atom is -0.497 e. The average Bonchev–Trinajstić information content (AvgIpc) is 3.72. The van der Waals surface area contributed by atoms with E-state index in [1.807, 2.05) is 24.3 Å². The Balaban J connectivity index is 1.39. The van der Waals surface area contributed by atoms with Crippen LogP contribution < -0.4 is 18.9 Å². The van der Waals surface area contributed by atoms with E-state index in [1.165, 1.54) is 76.1 Å². The minimum atomic E-state index is 0.830. The molecule has 10 aromatic rings. The Morgan fingerprint density at radius 3 is 0.904 bits per heavy atom.